The van der Waals surface area contributed by atoms with E-state index in [0.29, 0.717) is 11.5 Å². The third-order valence-electron chi connectivity index (χ3n) is 3.05. The fraction of sp³-hybridized carbons (Fsp3) is 1.00. The molecule has 1 heteroatoms. The molecule has 0 saturated carbocycles. The third kappa shape index (κ3) is 5.30. The van der Waals surface area contributed by atoms with Crippen molar-refractivity contribution in [3.05, 3.63) is 0 Å². The van der Waals surface area contributed by atoms with Crippen molar-refractivity contribution in [1.82, 2.24) is 5.32 Å². The Morgan fingerprint density at radius 1 is 1.15 bits per heavy atom. The maximum absolute atomic E-state index is 3.61. The molecule has 1 N–H and O–H groups in total. The van der Waals surface area contributed by atoms with Gasteiger partial charge in [0.25, 0.3) is 0 Å². The lowest BCUT2D eigenvalue weighted by molar-refractivity contribution is 0.235. The van der Waals surface area contributed by atoms with Crippen LogP contribution in [0.2, 0.25) is 0 Å². The summed E-state index contributed by atoms with van der Waals surface area (Å²) in [5.74, 6) is 0. The van der Waals surface area contributed by atoms with Gasteiger partial charge < -0.3 is 5.32 Å². The highest BCUT2D eigenvalue weighted by Crippen LogP contribution is 2.26. The van der Waals surface area contributed by atoms with Gasteiger partial charge >= 0.3 is 0 Å². The highest BCUT2D eigenvalue weighted by atomic mass is 14.9. The topological polar surface area (TPSA) is 12.0 Å². The van der Waals surface area contributed by atoms with Crippen LogP contribution in [-0.2, 0) is 0 Å². The highest BCUT2D eigenvalue weighted by molar-refractivity contribution is 4.79. The van der Waals surface area contributed by atoms with Crippen molar-refractivity contribution in [3.8, 4) is 0 Å². The Bertz CT molecular complexity index is 118. The van der Waals surface area contributed by atoms with E-state index in [-0.39, 0.29) is 0 Å². The molecule has 0 aliphatic rings. The summed E-state index contributed by atoms with van der Waals surface area (Å²) in [7, 11) is 0. The van der Waals surface area contributed by atoms with Crippen molar-refractivity contribution in [2.75, 3.05) is 6.54 Å². The molecular weight excluding hydrogens is 158 g/mol. The first-order valence-corrected chi connectivity index (χ1v) is 5.78. The van der Waals surface area contributed by atoms with Crippen LogP contribution in [0.3, 0.4) is 0 Å². The smallest absolute Gasteiger partial charge is 0.00899 e. The Hall–Kier alpha value is -0.0400. The molecule has 0 aromatic rings. The Balaban J connectivity index is 3.72. The average molecular weight is 185 g/mol. The predicted octanol–water partition coefficient (Wildman–Crippen LogP) is 3.59. The van der Waals surface area contributed by atoms with E-state index in [1.807, 2.05) is 0 Å². The second-order valence-corrected chi connectivity index (χ2v) is 4.77. The van der Waals surface area contributed by atoms with Gasteiger partial charge in [-0.2, -0.15) is 0 Å². The van der Waals surface area contributed by atoms with Crippen LogP contribution in [0.5, 0.6) is 0 Å². The molecule has 0 fully saturated rings. The number of unbranched alkanes of at least 4 members (excludes halogenated alkanes) is 1. The maximum atomic E-state index is 3.61. The molecule has 1 atom stereocenters. The van der Waals surface area contributed by atoms with Gasteiger partial charge in [0.1, 0.15) is 0 Å². The van der Waals surface area contributed by atoms with Crippen molar-refractivity contribution in [2.24, 2.45) is 5.41 Å². The summed E-state index contributed by atoms with van der Waals surface area (Å²) in [6, 6.07) is 0.638. The molecule has 0 aliphatic carbocycles. The minimum Gasteiger partial charge on any atom is -0.314 e. The standard InChI is InChI=1S/C12H27N/c1-6-8-10-13-11(3)12(4,5)9-7-2/h11,13H,6-10H2,1-5H3. The second kappa shape index (κ2) is 6.42. The zero-order valence-corrected chi connectivity index (χ0v) is 10.1. The largest absolute Gasteiger partial charge is 0.314 e. The molecule has 13 heavy (non-hydrogen) atoms. The van der Waals surface area contributed by atoms with Crippen molar-refractivity contribution < 1.29 is 0 Å². The van der Waals surface area contributed by atoms with Crippen LogP contribution in [0.15, 0.2) is 0 Å². The Morgan fingerprint density at radius 3 is 2.23 bits per heavy atom. The van der Waals surface area contributed by atoms with Crippen LogP contribution in [-0.4, -0.2) is 12.6 Å². The monoisotopic (exact) mass is 185 g/mol. The lowest BCUT2D eigenvalue weighted by Crippen LogP contribution is -2.39. The van der Waals surface area contributed by atoms with E-state index in [2.05, 4.69) is 39.9 Å². The molecular formula is C12H27N. The molecule has 0 spiro atoms. The fourth-order valence-electron chi connectivity index (χ4n) is 1.63. The van der Waals surface area contributed by atoms with Crippen molar-refractivity contribution in [2.45, 2.75) is 66.3 Å². The Morgan fingerprint density at radius 2 is 1.77 bits per heavy atom. The van der Waals surface area contributed by atoms with Crippen LogP contribution >= 0.6 is 0 Å². The van der Waals surface area contributed by atoms with Gasteiger partial charge in [-0.1, -0.05) is 40.5 Å². The first-order valence-electron chi connectivity index (χ1n) is 5.78. The van der Waals surface area contributed by atoms with Gasteiger partial charge in [-0.3, -0.25) is 0 Å². The second-order valence-electron chi connectivity index (χ2n) is 4.77. The Labute approximate surface area is 84.3 Å². The lowest BCUT2D eigenvalue weighted by Gasteiger charge is -2.32. The van der Waals surface area contributed by atoms with Gasteiger partial charge in [0.05, 0.1) is 0 Å². The molecule has 0 saturated heterocycles. The van der Waals surface area contributed by atoms with E-state index < -0.39 is 0 Å². The van der Waals surface area contributed by atoms with Gasteiger partial charge in [-0.15, -0.1) is 0 Å². The molecule has 0 bridgehead atoms. The van der Waals surface area contributed by atoms with Gasteiger partial charge in [-0.05, 0) is 31.7 Å². The van der Waals surface area contributed by atoms with E-state index in [1.54, 1.807) is 0 Å². The first kappa shape index (κ1) is 13.0. The maximum Gasteiger partial charge on any atom is 0.00899 e. The van der Waals surface area contributed by atoms with Crippen LogP contribution in [0, 0.1) is 5.41 Å². The summed E-state index contributed by atoms with van der Waals surface area (Å²) in [6.45, 7) is 12.7. The zero-order valence-electron chi connectivity index (χ0n) is 10.1. The van der Waals surface area contributed by atoms with E-state index in [4.69, 9.17) is 0 Å². The number of hydrogen-bond donors (Lipinski definition) is 1. The summed E-state index contributed by atoms with van der Waals surface area (Å²) >= 11 is 0. The number of nitrogens with one attached hydrogen (secondary N) is 1. The van der Waals surface area contributed by atoms with Crippen LogP contribution in [0.25, 0.3) is 0 Å². The van der Waals surface area contributed by atoms with Crippen LogP contribution < -0.4 is 5.32 Å². The first-order chi connectivity index (χ1) is 6.04. The molecule has 0 aromatic carbocycles. The van der Waals surface area contributed by atoms with Gasteiger partial charge in [0, 0.05) is 6.04 Å². The summed E-state index contributed by atoms with van der Waals surface area (Å²) in [6.07, 6.45) is 5.18. The van der Waals surface area contributed by atoms with Crippen molar-refractivity contribution in [3.63, 3.8) is 0 Å². The van der Waals surface area contributed by atoms with Crippen LogP contribution in [0.1, 0.15) is 60.3 Å². The van der Waals surface area contributed by atoms with E-state index in [1.165, 1.54) is 32.2 Å². The molecule has 0 aromatic heterocycles. The SMILES string of the molecule is CCCCNC(C)C(C)(C)CCC. The molecule has 0 aliphatic heterocycles. The molecule has 0 rings (SSSR count). The third-order valence-corrected chi connectivity index (χ3v) is 3.05. The summed E-state index contributed by atoms with van der Waals surface area (Å²) < 4.78 is 0. The summed E-state index contributed by atoms with van der Waals surface area (Å²) in [5.41, 5.74) is 0.447. The Kier molecular flexibility index (Phi) is 6.40. The number of rotatable bonds is 7. The zero-order chi connectivity index (χ0) is 10.3. The molecule has 1 unspecified atom stereocenters. The molecule has 0 amide bonds. The van der Waals surface area contributed by atoms with E-state index in [9.17, 15) is 0 Å². The number of hydrogen-bond acceptors (Lipinski definition) is 1. The lowest BCUT2D eigenvalue weighted by atomic mass is 9.81. The fourth-order valence-corrected chi connectivity index (χ4v) is 1.63. The average Bonchev–Trinajstić information content (AvgIpc) is 2.04. The highest BCUT2D eigenvalue weighted by Gasteiger charge is 2.23. The van der Waals surface area contributed by atoms with Crippen molar-refractivity contribution in [1.29, 1.82) is 0 Å². The minimum absolute atomic E-state index is 0.447. The molecule has 0 radical (unpaired) electrons. The molecule has 1 nitrogen and oxygen atoms in total. The molecule has 0 heterocycles. The van der Waals surface area contributed by atoms with Gasteiger partial charge in [-0.25, -0.2) is 0 Å². The van der Waals surface area contributed by atoms with Gasteiger partial charge in [0.15, 0.2) is 0 Å². The van der Waals surface area contributed by atoms with E-state index >= 15 is 0 Å². The normalized spacial score (nSPS) is 14.5. The molecule has 80 valence electrons. The summed E-state index contributed by atoms with van der Waals surface area (Å²) in [4.78, 5) is 0. The van der Waals surface area contributed by atoms with E-state index in [0.717, 1.165) is 0 Å². The van der Waals surface area contributed by atoms with Gasteiger partial charge in [0.2, 0.25) is 0 Å². The van der Waals surface area contributed by atoms with Crippen LogP contribution in [0.4, 0.5) is 0 Å². The predicted molar refractivity (Wildman–Crippen MR) is 61.1 cm³/mol. The van der Waals surface area contributed by atoms with Crippen molar-refractivity contribution >= 4 is 0 Å². The summed E-state index contributed by atoms with van der Waals surface area (Å²) in [5, 5.41) is 3.61. The quantitative estimate of drug-likeness (QED) is 0.598. The minimum atomic E-state index is 0.447.